The maximum Gasteiger partial charge on any atom is 0.335 e. The highest BCUT2D eigenvalue weighted by atomic mass is 79.9. The molecule has 0 aromatic heterocycles. The highest BCUT2D eigenvalue weighted by molar-refractivity contribution is 9.10. The largest absolute Gasteiger partial charge is 0.478 e. The molecule has 0 bridgehead atoms. The van der Waals surface area contributed by atoms with Gasteiger partial charge in [-0.1, -0.05) is 34.1 Å². The van der Waals surface area contributed by atoms with Gasteiger partial charge >= 0.3 is 5.97 Å². The SMILES string of the molecule is O=C(O)c1cc(Br)cc(N2CCCc3ccccc32)c1. The minimum absolute atomic E-state index is 0.303. The predicted molar refractivity (Wildman–Crippen MR) is 82.9 cm³/mol. The summed E-state index contributed by atoms with van der Waals surface area (Å²) in [6.45, 7) is 0.909. The molecular formula is C16H14BrNO2. The van der Waals surface area contributed by atoms with Crippen LogP contribution in [0.1, 0.15) is 22.3 Å². The number of carboxylic acid groups (broad SMARTS) is 1. The first-order chi connectivity index (χ1) is 9.65. The second-order valence-electron chi connectivity index (χ2n) is 4.89. The maximum absolute atomic E-state index is 11.2. The molecule has 0 aliphatic carbocycles. The highest BCUT2D eigenvalue weighted by Gasteiger charge is 2.19. The molecule has 0 unspecified atom stereocenters. The standard InChI is InChI=1S/C16H14BrNO2/c17-13-8-12(16(19)20)9-14(10-13)18-7-3-5-11-4-1-2-6-15(11)18/h1-2,4,6,8-10H,3,5,7H2,(H,19,20). The van der Waals surface area contributed by atoms with Crippen LogP contribution >= 0.6 is 15.9 Å². The molecule has 0 fully saturated rings. The van der Waals surface area contributed by atoms with Gasteiger partial charge in [0.15, 0.2) is 0 Å². The van der Waals surface area contributed by atoms with Gasteiger partial charge in [0.05, 0.1) is 5.56 Å². The molecule has 2 aromatic rings. The Balaban J connectivity index is 2.08. The van der Waals surface area contributed by atoms with Crippen molar-refractivity contribution in [3.05, 3.63) is 58.1 Å². The molecule has 1 N–H and O–H groups in total. The zero-order valence-electron chi connectivity index (χ0n) is 10.8. The zero-order chi connectivity index (χ0) is 14.1. The summed E-state index contributed by atoms with van der Waals surface area (Å²) in [5, 5.41) is 9.19. The molecule has 3 rings (SSSR count). The molecule has 4 heteroatoms. The third kappa shape index (κ3) is 2.43. The lowest BCUT2D eigenvalue weighted by molar-refractivity contribution is 0.0697. The van der Waals surface area contributed by atoms with Crippen LogP contribution in [0, 0.1) is 0 Å². The summed E-state index contributed by atoms with van der Waals surface area (Å²) in [5.74, 6) is -0.905. The number of rotatable bonds is 2. The van der Waals surface area contributed by atoms with Gasteiger partial charge in [0.1, 0.15) is 0 Å². The Hall–Kier alpha value is -1.81. The van der Waals surface area contributed by atoms with Crippen LogP contribution < -0.4 is 4.90 Å². The van der Waals surface area contributed by atoms with Crippen LogP contribution in [0.4, 0.5) is 11.4 Å². The summed E-state index contributed by atoms with van der Waals surface area (Å²) < 4.78 is 0.787. The summed E-state index contributed by atoms with van der Waals surface area (Å²) in [5.41, 5.74) is 3.71. The fourth-order valence-corrected chi connectivity index (χ4v) is 3.14. The van der Waals surface area contributed by atoms with E-state index in [2.05, 4.69) is 33.0 Å². The number of aromatic carboxylic acids is 1. The topological polar surface area (TPSA) is 40.5 Å². The molecule has 0 spiro atoms. The number of fused-ring (bicyclic) bond motifs is 1. The van der Waals surface area contributed by atoms with Crippen molar-refractivity contribution in [1.82, 2.24) is 0 Å². The molecule has 0 amide bonds. The van der Waals surface area contributed by atoms with Crippen molar-refractivity contribution < 1.29 is 9.90 Å². The van der Waals surface area contributed by atoms with Crippen molar-refractivity contribution >= 4 is 33.3 Å². The second-order valence-corrected chi connectivity index (χ2v) is 5.80. The van der Waals surface area contributed by atoms with E-state index in [-0.39, 0.29) is 0 Å². The number of carboxylic acids is 1. The summed E-state index contributed by atoms with van der Waals surface area (Å²) in [7, 11) is 0. The van der Waals surface area contributed by atoms with Gasteiger partial charge < -0.3 is 10.0 Å². The normalized spacial score (nSPS) is 13.9. The van der Waals surface area contributed by atoms with Crippen LogP contribution in [-0.4, -0.2) is 17.6 Å². The third-order valence-electron chi connectivity index (χ3n) is 3.55. The Morgan fingerprint density at radius 2 is 2.00 bits per heavy atom. The lowest BCUT2D eigenvalue weighted by Crippen LogP contribution is -2.24. The van der Waals surface area contributed by atoms with Gasteiger partial charge in [-0.2, -0.15) is 0 Å². The van der Waals surface area contributed by atoms with Crippen molar-refractivity contribution in [2.45, 2.75) is 12.8 Å². The van der Waals surface area contributed by atoms with Gasteiger partial charge in [-0.25, -0.2) is 4.79 Å². The Labute approximate surface area is 126 Å². The number of nitrogens with zero attached hydrogens (tertiary/aromatic N) is 1. The first-order valence-electron chi connectivity index (χ1n) is 6.54. The van der Waals surface area contributed by atoms with Crippen LogP contribution in [0.3, 0.4) is 0 Å². The molecule has 0 saturated carbocycles. The van der Waals surface area contributed by atoms with E-state index in [4.69, 9.17) is 0 Å². The number of hydrogen-bond donors (Lipinski definition) is 1. The van der Waals surface area contributed by atoms with Crippen molar-refractivity contribution in [2.75, 3.05) is 11.4 Å². The molecule has 0 saturated heterocycles. The Morgan fingerprint density at radius 3 is 2.80 bits per heavy atom. The number of benzene rings is 2. The van der Waals surface area contributed by atoms with Crippen molar-refractivity contribution in [1.29, 1.82) is 0 Å². The van der Waals surface area contributed by atoms with E-state index < -0.39 is 5.97 Å². The lowest BCUT2D eigenvalue weighted by atomic mass is 10.0. The van der Waals surface area contributed by atoms with Crippen LogP contribution in [0.5, 0.6) is 0 Å². The van der Waals surface area contributed by atoms with Crippen LogP contribution in [-0.2, 0) is 6.42 Å². The maximum atomic E-state index is 11.2. The number of anilines is 2. The highest BCUT2D eigenvalue weighted by Crippen LogP contribution is 2.35. The van der Waals surface area contributed by atoms with Crippen molar-refractivity contribution in [2.24, 2.45) is 0 Å². The molecule has 20 heavy (non-hydrogen) atoms. The molecule has 102 valence electrons. The Morgan fingerprint density at radius 1 is 1.20 bits per heavy atom. The first kappa shape index (κ1) is 13.2. The van der Waals surface area contributed by atoms with Gasteiger partial charge in [-0.3, -0.25) is 0 Å². The van der Waals surface area contributed by atoms with E-state index in [1.807, 2.05) is 18.2 Å². The molecule has 0 atom stereocenters. The van der Waals surface area contributed by atoms with E-state index in [9.17, 15) is 9.90 Å². The van der Waals surface area contributed by atoms with E-state index >= 15 is 0 Å². The zero-order valence-corrected chi connectivity index (χ0v) is 12.4. The molecule has 1 aliphatic rings. The minimum Gasteiger partial charge on any atom is -0.478 e. The summed E-state index contributed by atoms with van der Waals surface area (Å²) in [6.07, 6.45) is 2.15. The minimum atomic E-state index is -0.905. The fourth-order valence-electron chi connectivity index (χ4n) is 2.66. The van der Waals surface area contributed by atoms with Crippen molar-refractivity contribution in [3.63, 3.8) is 0 Å². The van der Waals surface area contributed by atoms with Crippen LogP contribution in [0.15, 0.2) is 46.9 Å². The molecule has 1 aliphatic heterocycles. The monoisotopic (exact) mass is 331 g/mol. The van der Waals surface area contributed by atoms with Crippen LogP contribution in [0.2, 0.25) is 0 Å². The quantitative estimate of drug-likeness (QED) is 0.895. The number of para-hydroxylation sites is 1. The van der Waals surface area contributed by atoms with Crippen LogP contribution in [0.25, 0.3) is 0 Å². The number of hydrogen-bond acceptors (Lipinski definition) is 2. The number of carbonyl (C=O) groups is 1. The second kappa shape index (κ2) is 5.29. The summed E-state index contributed by atoms with van der Waals surface area (Å²) in [4.78, 5) is 13.4. The smallest absolute Gasteiger partial charge is 0.335 e. The van der Waals surface area contributed by atoms with Gasteiger partial charge in [0.2, 0.25) is 0 Å². The molecule has 0 radical (unpaired) electrons. The van der Waals surface area contributed by atoms with Gasteiger partial charge in [0.25, 0.3) is 0 Å². The lowest BCUT2D eigenvalue weighted by Gasteiger charge is -2.31. The van der Waals surface area contributed by atoms with Gasteiger partial charge in [-0.15, -0.1) is 0 Å². The van der Waals surface area contributed by atoms with E-state index in [1.165, 1.54) is 11.3 Å². The summed E-state index contributed by atoms with van der Waals surface area (Å²) in [6, 6.07) is 13.6. The fraction of sp³-hybridized carbons (Fsp3) is 0.188. The predicted octanol–water partition coefficient (Wildman–Crippen LogP) is 4.23. The Bertz CT molecular complexity index is 669. The molecular weight excluding hydrogens is 318 g/mol. The number of aryl methyl sites for hydroxylation is 1. The summed E-state index contributed by atoms with van der Waals surface area (Å²) >= 11 is 3.40. The van der Waals surface area contributed by atoms with Gasteiger partial charge in [0, 0.05) is 22.4 Å². The average molecular weight is 332 g/mol. The van der Waals surface area contributed by atoms with Crippen molar-refractivity contribution in [3.8, 4) is 0 Å². The third-order valence-corrected chi connectivity index (χ3v) is 4.01. The van der Waals surface area contributed by atoms with E-state index in [1.54, 1.807) is 12.1 Å². The Kier molecular flexibility index (Phi) is 3.49. The average Bonchev–Trinajstić information content (AvgIpc) is 2.46. The first-order valence-corrected chi connectivity index (χ1v) is 7.34. The number of halogens is 1. The van der Waals surface area contributed by atoms with E-state index in [0.29, 0.717) is 5.56 Å². The molecule has 3 nitrogen and oxygen atoms in total. The van der Waals surface area contributed by atoms with E-state index in [0.717, 1.165) is 29.5 Å². The van der Waals surface area contributed by atoms with Gasteiger partial charge in [-0.05, 0) is 42.7 Å². The molecule has 2 aromatic carbocycles. The molecule has 1 heterocycles.